The van der Waals surface area contributed by atoms with E-state index >= 15 is 0 Å². The molecule has 0 spiro atoms. The van der Waals surface area contributed by atoms with Crippen LogP contribution in [-0.2, 0) is 6.61 Å². The Bertz CT molecular complexity index is 895. The summed E-state index contributed by atoms with van der Waals surface area (Å²) < 4.78 is 11.2. The van der Waals surface area contributed by atoms with Gasteiger partial charge in [-0.3, -0.25) is 4.79 Å². The van der Waals surface area contributed by atoms with E-state index in [9.17, 15) is 4.79 Å². The van der Waals surface area contributed by atoms with E-state index in [1.807, 2.05) is 60.9 Å². The van der Waals surface area contributed by atoms with Crippen molar-refractivity contribution in [1.82, 2.24) is 0 Å². The van der Waals surface area contributed by atoms with Gasteiger partial charge >= 0.3 is 0 Å². The first-order chi connectivity index (χ1) is 13.2. The topological polar surface area (TPSA) is 47.6 Å². The largest absolute Gasteiger partial charge is 0.493 e. The van der Waals surface area contributed by atoms with Crippen molar-refractivity contribution in [2.24, 2.45) is 0 Å². The van der Waals surface area contributed by atoms with Gasteiger partial charge in [-0.05, 0) is 54.3 Å². The highest BCUT2D eigenvalue weighted by Gasteiger charge is 2.12. The van der Waals surface area contributed by atoms with Crippen molar-refractivity contribution in [1.29, 1.82) is 0 Å². The Balaban J connectivity index is 1.69. The number of carbonyl (C=O) groups excluding carboxylic acids is 1. The zero-order valence-corrected chi connectivity index (χ0v) is 16.1. The molecule has 4 nitrogen and oxygen atoms in total. The minimum absolute atomic E-state index is 0.195. The van der Waals surface area contributed by atoms with Crippen LogP contribution in [0.1, 0.15) is 15.9 Å². The molecule has 1 N–H and O–H groups in total. The van der Waals surface area contributed by atoms with Gasteiger partial charge in [-0.15, -0.1) is 11.8 Å². The van der Waals surface area contributed by atoms with Gasteiger partial charge in [0.05, 0.1) is 7.11 Å². The van der Waals surface area contributed by atoms with Crippen molar-refractivity contribution in [3.05, 3.63) is 83.9 Å². The van der Waals surface area contributed by atoms with Gasteiger partial charge in [-0.2, -0.15) is 0 Å². The molecule has 0 saturated carbocycles. The van der Waals surface area contributed by atoms with Crippen molar-refractivity contribution < 1.29 is 14.3 Å². The van der Waals surface area contributed by atoms with Crippen LogP contribution in [0.2, 0.25) is 0 Å². The summed E-state index contributed by atoms with van der Waals surface area (Å²) in [5.41, 5.74) is 2.32. The van der Waals surface area contributed by atoms with E-state index in [-0.39, 0.29) is 5.91 Å². The molecule has 0 unspecified atom stereocenters. The summed E-state index contributed by atoms with van der Waals surface area (Å²) in [4.78, 5) is 13.7. The maximum atomic E-state index is 12.5. The molecule has 138 valence electrons. The van der Waals surface area contributed by atoms with Crippen molar-refractivity contribution >= 4 is 23.4 Å². The summed E-state index contributed by atoms with van der Waals surface area (Å²) in [5, 5.41) is 2.89. The Labute approximate surface area is 163 Å². The molecule has 0 fully saturated rings. The van der Waals surface area contributed by atoms with E-state index in [2.05, 4.69) is 5.32 Å². The number of benzene rings is 3. The van der Waals surface area contributed by atoms with Crippen molar-refractivity contribution in [2.75, 3.05) is 18.7 Å². The maximum Gasteiger partial charge on any atom is 0.255 e. The van der Waals surface area contributed by atoms with Crippen LogP contribution >= 0.6 is 11.8 Å². The average molecular weight is 379 g/mol. The predicted molar refractivity (Wildman–Crippen MR) is 110 cm³/mol. The molecule has 3 aromatic carbocycles. The Kier molecular flexibility index (Phi) is 6.39. The smallest absolute Gasteiger partial charge is 0.255 e. The lowest BCUT2D eigenvalue weighted by Gasteiger charge is -2.12. The van der Waals surface area contributed by atoms with Crippen LogP contribution in [0.5, 0.6) is 11.5 Å². The predicted octanol–water partition coefficient (Wildman–Crippen LogP) is 5.25. The van der Waals surface area contributed by atoms with Crippen LogP contribution in [-0.4, -0.2) is 19.3 Å². The lowest BCUT2D eigenvalue weighted by molar-refractivity contribution is 0.102. The third kappa shape index (κ3) is 5.05. The Morgan fingerprint density at radius 3 is 2.37 bits per heavy atom. The summed E-state index contributed by atoms with van der Waals surface area (Å²) in [7, 11) is 1.56. The van der Waals surface area contributed by atoms with Crippen LogP contribution in [0.15, 0.2) is 77.7 Å². The summed E-state index contributed by atoms with van der Waals surface area (Å²) in [6.07, 6.45) is 2.02. The van der Waals surface area contributed by atoms with Crippen LogP contribution in [0.4, 0.5) is 5.69 Å². The highest BCUT2D eigenvalue weighted by Crippen LogP contribution is 2.29. The quantitative estimate of drug-likeness (QED) is 0.570. The zero-order valence-electron chi connectivity index (χ0n) is 15.3. The molecular formula is C22H21NO3S. The van der Waals surface area contributed by atoms with E-state index in [4.69, 9.17) is 9.47 Å². The van der Waals surface area contributed by atoms with Gasteiger partial charge in [-0.1, -0.05) is 30.3 Å². The fourth-order valence-electron chi connectivity index (χ4n) is 2.54. The van der Waals surface area contributed by atoms with Gasteiger partial charge in [0.2, 0.25) is 0 Å². The number of hydrogen-bond acceptors (Lipinski definition) is 4. The molecule has 0 aliphatic heterocycles. The van der Waals surface area contributed by atoms with Crippen LogP contribution < -0.4 is 14.8 Å². The molecule has 0 heterocycles. The zero-order chi connectivity index (χ0) is 19.1. The summed E-state index contributed by atoms with van der Waals surface area (Å²) >= 11 is 1.66. The van der Waals surface area contributed by atoms with Gasteiger partial charge < -0.3 is 14.8 Å². The van der Waals surface area contributed by atoms with Crippen molar-refractivity contribution in [3.8, 4) is 11.5 Å². The standard InChI is InChI=1S/C22H21NO3S/c1-25-21-14-17(22(24)23-18-9-11-19(27-2)12-10-18)8-13-20(21)26-15-16-6-4-3-5-7-16/h3-14H,15H2,1-2H3,(H,23,24). The molecule has 0 saturated heterocycles. The molecule has 0 atom stereocenters. The Morgan fingerprint density at radius 1 is 0.963 bits per heavy atom. The van der Waals surface area contributed by atoms with Gasteiger partial charge in [-0.25, -0.2) is 0 Å². The Hall–Kier alpha value is -2.92. The molecular weight excluding hydrogens is 358 g/mol. The second-order valence-electron chi connectivity index (χ2n) is 5.82. The minimum Gasteiger partial charge on any atom is -0.493 e. The first kappa shape index (κ1) is 18.9. The SMILES string of the molecule is COc1cc(C(=O)Nc2ccc(SC)cc2)ccc1OCc1ccccc1. The molecule has 0 bridgehead atoms. The third-order valence-corrected chi connectivity index (χ3v) is 4.75. The number of carbonyl (C=O) groups is 1. The number of hydrogen-bond donors (Lipinski definition) is 1. The van der Waals surface area contributed by atoms with Crippen LogP contribution in [0.25, 0.3) is 0 Å². The molecule has 0 aromatic heterocycles. The maximum absolute atomic E-state index is 12.5. The summed E-state index contributed by atoms with van der Waals surface area (Å²) in [5.74, 6) is 0.929. The lowest BCUT2D eigenvalue weighted by atomic mass is 10.1. The van der Waals surface area contributed by atoms with Crippen LogP contribution in [0.3, 0.4) is 0 Å². The molecule has 27 heavy (non-hydrogen) atoms. The van der Waals surface area contributed by atoms with Crippen molar-refractivity contribution in [2.45, 2.75) is 11.5 Å². The first-order valence-corrected chi connectivity index (χ1v) is 9.72. The highest BCUT2D eigenvalue weighted by molar-refractivity contribution is 7.98. The molecule has 3 aromatic rings. The number of rotatable bonds is 7. The second kappa shape index (κ2) is 9.14. The monoisotopic (exact) mass is 379 g/mol. The number of ether oxygens (including phenoxy) is 2. The normalized spacial score (nSPS) is 10.3. The molecule has 5 heteroatoms. The van der Waals surface area contributed by atoms with E-state index in [1.54, 1.807) is 37.1 Å². The average Bonchev–Trinajstić information content (AvgIpc) is 2.73. The van der Waals surface area contributed by atoms with E-state index in [0.29, 0.717) is 23.7 Å². The molecule has 0 radical (unpaired) electrons. The van der Waals surface area contributed by atoms with Gasteiger partial charge in [0.15, 0.2) is 11.5 Å². The third-order valence-electron chi connectivity index (χ3n) is 4.01. The lowest BCUT2D eigenvalue weighted by Crippen LogP contribution is -2.12. The number of thioether (sulfide) groups is 1. The minimum atomic E-state index is -0.195. The molecule has 0 aliphatic carbocycles. The van der Waals surface area contributed by atoms with E-state index < -0.39 is 0 Å². The Morgan fingerprint density at radius 2 is 1.70 bits per heavy atom. The molecule has 0 aliphatic rings. The highest BCUT2D eigenvalue weighted by atomic mass is 32.2. The second-order valence-corrected chi connectivity index (χ2v) is 6.70. The number of methoxy groups -OCH3 is 1. The summed E-state index contributed by atoms with van der Waals surface area (Å²) in [6, 6.07) is 22.8. The van der Waals surface area contributed by atoms with E-state index in [1.165, 1.54) is 0 Å². The van der Waals surface area contributed by atoms with Gasteiger partial charge in [0.1, 0.15) is 6.61 Å². The molecule has 1 amide bonds. The van der Waals surface area contributed by atoms with Gasteiger partial charge in [0.25, 0.3) is 5.91 Å². The fourth-order valence-corrected chi connectivity index (χ4v) is 2.95. The fraction of sp³-hybridized carbons (Fsp3) is 0.136. The molecule has 3 rings (SSSR count). The van der Waals surface area contributed by atoms with Crippen LogP contribution in [0, 0.1) is 0 Å². The van der Waals surface area contributed by atoms with E-state index in [0.717, 1.165) is 16.1 Å². The first-order valence-electron chi connectivity index (χ1n) is 8.50. The number of anilines is 1. The number of amides is 1. The van der Waals surface area contributed by atoms with Crippen molar-refractivity contribution in [3.63, 3.8) is 0 Å². The number of nitrogens with one attached hydrogen (secondary N) is 1. The summed E-state index contributed by atoms with van der Waals surface area (Å²) in [6.45, 7) is 0.435. The van der Waals surface area contributed by atoms with Gasteiger partial charge in [0, 0.05) is 16.1 Å².